The molecule has 1 heterocycles. The molecule has 0 aliphatic carbocycles. The van der Waals surface area contributed by atoms with Crippen molar-refractivity contribution in [2.24, 2.45) is 0 Å². The third-order valence-electron chi connectivity index (χ3n) is 2.30. The SMILES string of the molecule is CCOC(=O)Cc1ncc(O)c(C(F)(F)F)c1C(F)F. The van der Waals surface area contributed by atoms with Crippen LogP contribution in [0.5, 0.6) is 5.75 Å². The summed E-state index contributed by atoms with van der Waals surface area (Å²) in [5.74, 6) is -2.40. The van der Waals surface area contributed by atoms with Crippen molar-refractivity contribution in [2.75, 3.05) is 6.61 Å². The molecule has 0 unspecified atom stereocenters. The predicted molar refractivity (Wildman–Crippen MR) is 56.2 cm³/mol. The molecule has 9 heteroatoms. The summed E-state index contributed by atoms with van der Waals surface area (Å²) in [6, 6.07) is 0. The number of carbonyl (C=O) groups is 1. The first kappa shape index (κ1) is 16.1. The van der Waals surface area contributed by atoms with Crippen LogP contribution in [0.2, 0.25) is 0 Å². The van der Waals surface area contributed by atoms with Gasteiger partial charge in [0.05, 0.1) is 30.5 Å². The zero-order valence-electron chi connectivity index (χ0n) is 10.2. The predicted octanol–water partition coefficient (Wildman–Crippen LogP) is 2.85. The topological polar surface area (TPSA) is 59.4 Å². The van der Waals surface area contributed by atoms with Crippen molar-refractivity contribution in [1.29, 1.82) is 0 Å². The van der Waals surface area contributed by atoms with Crippen molar-refractivity contribution in [3.63, 3.8) is 0 Å². The van der Waals surface area contributed by atoms with E-state index in [2.05, 4.69) is 9.72 Å². The molecule has 0 bridgehead atoms. The lowest BCUT2D eigenvalue weighted by Gasteiger charge is -2.16. The molecule has 20 heavy (non-hydrogen) atoms. The van der Waals surface area contributed by atoms with Crippen LogP contribution in [-0.2, 0) is 22.1 Å². The molecule has 0 aliphatic heterocycles. The number of alkyl halides is 5. The van der Waals surface area contributed by atoms with Crippen LogP contribution < -0.4 is 0 Å². The Morgan fingerprint density at radius 2 is 2.05 bits per heavy atom. The number of carbonyl (C=O) groups excluding carboxylic acids is 1. The molecule has 0 aliphatic rings. The average molecular weight is 299 g/mol. The zero-order chi connectivity index (χ0) is 15.5. The summed E-state index contributed by atoms with van der Waals surface area (Å²) in [5, 5.41) is 9.11. The monoisotopic (exact) mass is 299 g/mol. The standard InChI is InChI=1S/C11H10F5NO3/c1-2-20-7(19)3-5-8(10(12)13)9(11(14,15)16)6(18)4-17-5/h4,10,18H,2-3H2,1H3. The first-order valence-electron chi connectivity index (χ1n) is 5.40. The lowest BCUT2D eigenvalue weighted by Crippen LogP contribution is -2.17. The number of esters is 1. The highest BCUT2D eigenvalue weighted by Gasteiger charge is 2.41. The molecule has 0 saturated heterocycles. The quantitative estimate of drug-likeness (QED) is 0.686. The van der Waals surface area contributed by atoms with Crippen LogP contribution in [-0.4, -0.2) is 22.7 Å². The summed E-state index contributed by atoms with van der Waals surface area (Å²) in [4.78, 5) is 14.4. The Morgan fingerprint density at radius 3 is 2.50 bits per heavy atom. The molecule has 1 aromatic heterocycles. The van der Waals surface area contributed by atoms with Gasteiger partial charge >= 0.3 is 12.1 Å². The second-order valence-corrected chi connectivity index (χ2v) is 3.66. The molecule has 1 rings (SSSR count). The fourth-order valence-corrected chi connectivity index (χ4v) is 1.58. The molecule has 112 valence electrons. The molecule has 1 N–H and O–H groups in total. The summed E-state index contributed by atoms with van der Waals surface area (Å²) in [6.45, 7) is 1.41. The molecular formula is C11H10F5NO3. The molecule has 0 spiro atoms. The number of halogens is 5. The molecular weight excluding hydrogens is 289 g/mol. The van der Waals surface area contributed by atoms with Crippen LogP contribution in [0.1, 0.15) is 30.2 Å². The maximum Gasteiger partial charge on any atom is 0.420 e. The van der Waals surface area contributed by atoms with E-state index in [1.165, 1.54) is 6.92 Å². The second-order valence-electron chi connectivity index (χ2n) is 3.66. The van der Waals surface area contributed by atoms with Gasteiger partial charge in [-0.05, 0) is 6.92 Å². The summed E-state index contributed by atoms with van der Waals surface area (Å²) in [7, 11) is 0. The van der Waals surface area contributed by atoms with Crippen LogP contribution in [0.3, 0.4) is 0 Å². The molecule has 0 radical (unpaired) electrons. The molecule has 0 fully saturated rings. The van der Waals surface area contributed by atoms with Gasteiger partial charge in [-0.3, -0.25) is 9.78 Å². The Hall–Kier alpha value is -1.93. The van der Waals surface area contributed by atoms with Gasteiger partial charge in [0, 0.05) is 0 Å². The summed E-state index contributed by atoms with van der Waals surface area (Å²) in [5.41, 5.74) is -4.17. The maximum absolute atomic E-state index is 12.8. The van der Waals surface area contributed by atoms with Gasteiger partial charge < -0.3 is 9.84 Å². The van der Waals surface area contributed by atoms with E-state index < -0.39 is 47.6 Å². The van der Waals surface area contributed by atoms with E-state index in [1.54, 1.807) is 0 Å². The summed E-state index contributed by atoms with van der Waals surface area (Å²) in [6.07, 6.45) is -9.20. The lowest BCUT2D eigenvalue weighted by atomic mass is 10.0. The molecule has 4 nitrogen and oxygen atoms in total. The largest absolute Gasteiger partial charge is 0.506 e. The van der Waals surface area contributed by atoms with Gasteiger partial charge in [-0.2, -0.15) is 13.2 Å². The number of pyridine rings is 1. The maximum atomic E-state index is 12.8. The Bertz CT molecular complexity index is 502. The minimum Gasteiger partial charge on any atom is -0.506 e. The molecule has 1 aromatic rings. The van der Waals surface area contributed by atoms with Crippen LogP contribution in [0.15, 0.2) is 6.20 Å². The van der Waals surface area contributed by atoms with Gasteiger partial charge in [0.15, 0.2) is 0 Å². The normalized spacial score (nSPS) is 11.8. The number of ether oxygens (including phenoxy) is 1. The van der Waals surface area contributed by atoms with E-state index in [-0.39, 0.29) is 6.61 Å². The average Bonchev–Trinajstić information content (AvgIpc) is 2.29. The summed E-state index contributed by atoms with van der Waals surface area (Å²) >= 11 is 0. The first-order chi connectivity index (χ1) is 9.18. The van der Waals surface area contributed by atoms with Gasteiger partial charge in [0.25, 0.3) is 6.43 Å². The van der Waals surface area contributed by atoms with E-state index in [4.69, 9.17) is 5.11 Å². The minimum absolute atomic E-state index is 0.0486. The molecule has 0 amide bonds. The number of aromatic nitrogens is 1. The molecule has 0 saturated carbocycles. The van der Waals surface area contributed by atoms with Gasteiger partial charge in [0.2, 0.25) is 0 Å². The highest BCUT2D eigenvalue weighted by atomic mass is 19.4. The van der Waals surface area contributed by atoms with Gasteiger partial charge in [-0.15, -0.1) is 0 Å². The van der Waals surface area contributed by atoms with E-state index in [0.29, 0.717) is 6.20 Å². The smallest absolute Gasteiger partial charge is 0.420 e. The number of nitrogens with zero attached hydrogens (tertiary/aromatic N) is 1. The van der Waals surface area contributed by atoms with Crippen molar-refractivity contribution in [1.82, 2.24) is 4.98 Å². The van der Waals surface area contributed by atoms with Crippen molar-refractivity contribution < 1.29 is 36.6 Å². The number of hydrogen-bond acceptors (Lipinski definition) is 4. The van der Waals surface area contributed by atoms with Crippen molar-refractivity contribution in [2.45, 2.75) is 25.9 Å². The molecule has 0 aromatic carbocycles. The zero-order valence-corrected chi connectivity index (χ0v) is 10.2. The molecule has 0 atom stereocenters. The lowest BCUT2D eigenvalue weighted by molar-refractivity contribution is -0.143. The van der Waals surface area contributed by atoms with E-state index in [0.717, 1.165) is 0 Å². The van der Waals surface area contributed by atoms with Gasteiger partial charge in [-0.1, -0.05) is 0 Å². The Balaban J connectivity index is 3.36. The number of hydrogen-bond donors (Lipinski definition) is 1. The third kappa shape index (κ3) is 3.55. The van der Waals surface area contributed by atoms with E-state index >= 15 is 0 Å². The van der Waals surface area contributed by atoms with Gasteiger partial charge in [0.1, 0.15) is 11.3 Å². The minimum atomic E-state index is -5.19. The van der Waals surface area contributed by atoms with Crippen LogP contribution in [0.25, 0.3) is 0 Å². The summed E-state index contributed by atoms with van der Waals surface area (Å²) < 4.78 is 68.2. The van der Waals surface area contributed by atoms with Crippen molar-refractivity contribution in [3.05, 3.63) is 23.0 Å². The Labute approximate surface area is 110 Å². The van der Waals surface area contributed by atoms with Crippen LogP contribution in [0, 0.1) is 0 Å². The fourth-order valence-electron chi connectivity index (χ4n) is 1.58. The highest BCUT2D eigenvalue weighted by molar-refractivity contribution is 5.72. The van der Waals surface area contributed by atoms with Crippen LogP contribution in [0.4, 0.5) is 22.0 Å². The Morgan fingerprint density at radius 1 is 1.45 bits per heavy atom. The van der Waals surface area contributed by atoms with Crippen LogP contribution >= 0.6 is 0 Å². The highest BCUT2D eigenvalue weighted by Crippen LogP contribution is 2.42. The first-order valence-corrected chi connectivity index (χ1v) is 5.40. The number of aromatic hydroxyl groups is 1. The van der Waals surface area contributed by atoms with Gasteiger partial charge in [-0.25, -0.2) is 8.78 Å². The Kier molecular flexibility index (Phi) is 4.85. The van der Waals surface area contributed by atoms with E-state index in [9.17, 15) is 26.7 Å². The third-order valence-corrected chi connectivity index (χ3v) is 2.30. The fraction of sp³-hybridized carbons (Fsp3) is 0.455. The second kappa shape index (κ2) is 6.02. The number of rotatable bonds is 4. The van der Waals surface area contributed by atoms with Crippen molar-refractivity contribution >= 4 is 5.97 Å². The van der Waals surface area contributed by atoms with E-state index in [1.807, 2.05) is 0 Å². The van der Waals surface area contributed by atoms with Crippen molar-refractivity contribution in [3.8, 4) is 5.75 Å².